The van der Waals surface area contributed by atoms with E-state index in [2.05, 4.69) is 5.32 Å². The normalized spacial score (nSPS) is 11.2. The number of hydrogen-bond donors (Lipinski definition) is 3. The number of hydrogen-bond acceptors (Lipinski definition) is 3. The van der Waals surface area contributed by atoms with E-state index in [0.29, 0.717) is 17.7 Å². The van der Waals surface area contributed by atoms with Crippen LogP contribution in [0.4, 0.5) is 5.69 Å². The van der Waals surface area contributed by atoms with Crippen LogP contribution in [-0.4, -0.2) is 17.9 Å². The number of carbonyl (C=O) groups excluding carboxylic acids is 2. The average molecular weight is 258 g/mol. The third-order valence-electron chi connectivity index (χ3n) is 2.19. The van der Waals surface area contributed by atoms with Gasteiger partial charge in [-0.05, 0) is 24.6 Å². The zero-order chi connectivity index (χ0) is 12.1. The van der Waals surface area contributed by atoms with Gasteiger partial charge in [-0.25, -0.2) is 0 Å². The molecule has 17 heavy (non-hydrogen) atoms. The maximum absolute atomic E-state index is 11.5. The molecule has 5 nitrogen and oxygen atoms in total. The van der Waals surface area contributed by atoms with E-state index in [-0.39, 0.29) is 18.3 Å². The highest BCUT2D eigenvalue weighted by Crippen LogP contribution is 2.10. The SMILES string of the molecule is CC[C@H](N)C(=O)Nc1cccc(C(N)=O)c1.Cl. The van der Waals surface area contributed by atoms with E-state index in [1.54, 1.807) is 18.2 Å². The maximum Gasteiger partial charge on any atom is 0.248 e. The standard InChI is InChI=1S/C11H15N3O2.ClH/c1-2-9(12)11(16)14-8-5-3-4-7(6-8)10(13)15;/h3-6,9H,2,12H2,1H3,(H2,13,15)(H,14,16);1H/t9-;/m0./s1. The molecule has 94 valence electrons. The molecular weight excluding hydrogens is 242 g/mol. The fraction of sp³-hybridized carbons (Fsp3) is 0.273. The number of nitrogens with two attached hydrogens (primary N) is 2. The molecule has 6 heteroatoms. The fourth-order valence-electron chi connectivity index (χ4n) is 1.17. The van der Waals surface area contributed by atoms with Gasteiger partial charge in [0.25, 0.3) is 0 Å². The molecule has 2 amide bonds. The topological polar surface area (TPSA) is 98.2 Å². The number of amides is 2. The van der Waals surface area contributed by atoms with E-state index in [9.17, 15) is 9.59 Å². The third kappa shape index (κ3) is 4.42. The molecule has 0 heterocycles. The lowest BCUT2D eigenvalue weighted by Crippen LogP contribution is -2.34. The smallest absolute Gasteiger partial charge is 0.248 e. The summed E-state index contributed by atoms with van der Waals surface area (Å²) in [4.78, 5) is 22.4. The van der Waals surface area contributed by atoms with E-state index in [1.165, 1.54) is 6.07 Å². The van der Waals surface area contributed by atoms with Gasteiger partial charge >= 0.3 is 0 Å². The van der Waals surface area contributed by atoms with Gasteiger partial charge in [0.15, 0.2) is 0 Å². The minimum Gasteiger partial charge on any atom is -0.366 e. The van der Waals surface area contributed by atoms with E-state index in [0.717, 1.165) is 0 Å². The van der Waals surface area contributed by atoms with E-state index in [1.807, 2.05) is 6.92 Å². The molecule has 1 aromatic rings. The summed E-state index contributed by atoms with van der Waals surface area (Å²) in [5, 5.41) is 2.62. The van der Waals surface area contributed by atoms with Crippen LogP contribution in [0.25, 0.3) is 0 Å². The van der Waals surface area contributed by atoms with Gasteiger partial charge in [-0.1, -0.05) is 13.0 Å². The second-order valence-electron chi connectivity index (χ2n) is 3.45. The minimum atomic E-state index is -0.544. The number of halogens is 1. The summed E-state index contributed by atoms with van der Waals surface area (Å²) in [6.07, 6.45) is 0.557. The molecule has 1 atom stereocenters. The second kappa shape index (κ2) is 6.88. The summed E-state index contributed by atoms with van der Waals surface area (Å²) in [5.74, 6) is -0.806. The molecule has 0 saturated heterocycles. The zero-order valence-electron chi connectivity index (χ0n) is 9.47. The Morgan fingerprint density at radius 2 is 2.06 bits per heavy atom. The van der Waals surface area contributed by atoms with Gasteiger partial charge < -0.3 is 16.8 Å². The summed E-state index contributed by atoms with van der Waals surface area (Å²) in [7, 11) is 0. The largest absolute Gasteiger partial charge is 0.366 e. The number of primary amides is 1. The van der Waals surface area contributed by atoms with Gasteiger partial charge in [-0.15, -0.1) is 12.4 Å². The number of rotatable bonds is 4. The van der Waals surface area contributed by atoms with Gasteiger partial charge in [0.2, 0.25) is 11.8 Å². The molecule has 0 spiro atoms. The highest BCUT2D eigenvalue weighted by atomic mass is 35.5. The molecule has 0 fully saturated rings. The molecule has 0 saturated carbocycles. The monoisotopic (exact) mass is 257 g/mol. The van der Waals surface area contributed by atoms with Crippen LogP contribution >= 0.6 is 12.4 Å². The Labute approximate surface area is 106 Å². The first-order valence-corrected chi connectivity index (χ1v) is 5.01. The molecule has 0 aliphatic carbocycles. The van der Waals surface area contributed by atoms with Crippen molar-refractivity contribution in [2.75, 3.05) is 5.32 Å². The predicted molar refractivity (Wildman–Crippen MR) is 69.1 cm³/mol. The molecule has 0 unspecified atom stereocenters. The minimum absolute atomic E-state index is 0. The number of nitrogens with one attached hydrogen (secondary N) is 1. The molecule has 0 radical (unpaired) electrons. The first-order valence-electron chi connectivity index (χ1n) is 5.01. The van der Waals surface area contributed by atoms with Crippen molar-refractivity contribution in [2.45, 2.75) is 19.4 Å². The summed E-state index contributed by atoms with van der Waals surface area (Å²) in [5.41, 5.74) is 11.6. The first kappa shape index (κ1) is 15.4. The number of carbonyl (C=O) groups is 2. The number of anilines is 1. The van der Waals surface area contributed by atoms with Gasteiger partial charge in [-0.2, -0.15) is 0 Å². The first-order chi connectivity index (χ1) is 7.54. The zero-order valence-corrected chi connectivity index (χ0v) is 10.3. The van der Waals surface area contributed by atoms with Gasteiger partial charge in [0, 0.05) is 11.3 Å². The Morgan fingerprint density at radius 3 is 2.59 bits per heavy atom. The molecule has 0 aliphatic rings. The van der Waals surface area contributed by atoms with Gasteiger partial charge in [0.05, 0.1) is 6.04 Å². The molecule has 1 rings (SSSR count). The number of benzene rings is 1. The molecule has 0 bridgehead atoms. The van der Waals surface area contributed by atoms with E-state index >= 15 is 0 Å². The Kier molecular flexibility index (Phi) is 6.23. The lowest BCUT2D eigenvalue weighted by atomic mass is 10.1. The van der Waals surface area contributed by atoms with Crippen LogP contribution in [0.15, 0.2) is 24.3 Å². The lowest BCUT2D eigenvalue weighted by molar-refractivity contribution is -0.117. The van der Waals surface area contributed by atoms with Crippen molar-refractivity contribution in [3.8, 4) is 0 Å². The van der Waals surface area contributed by atoms with Crippen molar-refractivity contribution in [1.82, 2.24) is 0 Å². The predicted octanol–water partition coefficient (Wildman–Crippen LogP) is 0.883. The Balaban J connectivity index is 0.00000256. The van der Waals surface area contributed by atoms with Crippen molar-refractivity contribution in [2.24, 2.45) is 11.5 Å². The third-order valence-corrected chi connectivity index (χ3v) is 2.19. The average Bonchev–Trinajstić information content (AvgIpc) is 2.28. The second-order valence-corrected chi connectivity index (χ2v) is 3.45. The molecular formula is C11H16ClN3O2. The van der Waals surface area contributed by atoms with Crippen LogP contribution in [-0.2, 0) is 4.79 Å². The Hall–Kier alpha value is -1.59. The highest BCUT2D eigenvalue weighted by molar-refractivity contribution is 5.97. The van der Waals surface area contributed by atoms with Crippen molar-refractivity contribution >= 4 is 29.9 Å². The van der Waals surface area contributed by atoms with Crippen molar-refractivity contribution < 1.29 is 9.59 Å². The summed E-state index contributed by atoms with van der Waals surface area (Å²) in [6.45, 7) is 1.82. The van der Waals surface area contributed by atoms with Gasteiger partial charge in [-0.3, -0.25) is 9.59 Å². The van der Waals surface area contributed by atoms with Crippen molar-refractivity contribution in [1.29, 1.82) is 0 Å². The van der Waals surface area contributed by atoms with Crippen LogP contribution < -0.4 is 16.8 Å². The molecule has 1 aromatic carbocycles. The van der Waals surface area contributed by atoms with E-state index in [4.69, 9.17) is 11.5 Å². The Morgan fingerprint density at radius 1 is 1.41 bits per heavy atom. The summed E-state index contributed by atoms with van der Waals surface area (Å²) in [6, 6.07) is 5.87. The van der Waals surface area contributed by atoms with Crippen molar-refractivity contribution in [3.63, 3.8) is 0 Å². The van der Waals surface area contributed by atoms with Crippen LogP contribution in [0.2, 0.25) is 0 Å². The molecule has 5 N–H and O–H groups in total. The molecule has 0 aliphatic heterocycles. The Bertz CT molecular complexity index is 409. The molecule has 0 aromatic heterocycles. The maximum atomic E-state index is 11.5. The van der Waals surface area contributed by atoms with Crippen LogP contribution in [0.1, 0.15) is 23.7 Å². The summed E-state index contributed by atoms with van der Waals surface area (Å²) < 4.78 is 0. The van der Waals surface area contributed by atoms with E-state index < -0.39 is 11.9 Å². The quantitative estimate of drug-likeness (QED) is 0.747. The van der Waals surface area contributed by atoms with Crippen molar-refractivity contribution in [3.05, 3.63) is 29.8 Å². The lowest BCUT2D eigenvalue weighted by Gasteiger charge is -2.10. The van der Waals surface area contributed by atoms with Gasteiger partial charge in [0.1, 0.15) is 0 Å². The highest BCUT2D eigenvalue weighted by Gasteiger charge is 2.11. The fourth-order valence-corrected chi connectivity index (χ4v) is 1.17. The summed E-state index contributed by atoms with van der Waals surface area (Å²) >= 11 is 0. The van der Waals surface area contributed by atoms with Crippen LogP contribution in [0, 0.1) is 0 Å². The van der Waals surface area contributed by atoms with Crippen LogP contribution in [0.3, 0.4) is 0 Å². The van der Waals surface area contributed by atoms with Crippen LogP contribution in [0.5, 0.6) is 0 Å².